The third kappa shape index (κ3) is 11.5. The molecule has 33 heavy (non-hydrogen) atoms. The standard InChI is InChI=1S/C23H45N5O5/c1-7-15(6)19(23(32)33)28-22(31)18(14(4)5)27-21(30)17(10-8-9-11-24)26-20(29)16(25)12-13(2)3/h13-19H,7-12,24-25H2,1-6H3,(H,26,29)(H,27,30)(H,28,31)(H,32,33). The molecule has 0 aromatic heterocycles. The summed E-state index contributed by atoms with van der Waals surface area (Å²) in [7, 11) is 0. The molecule has 0 aliphatic carbocycles. The molecule has 0 bridgehead atoms. The number of hydrogen-bond donors (Lipinski definition) is 6. The molecule has 0 rings (SSSR count). The fourth-order valence-electron chi connectivity index (χ4n) is 3.37. The summed E-state index contributed by atoms with van der Waals surface area (Å²) in [6.07, 6.45) is 2.69. The van der Waals surface area contributed by atoms with E-state index < -0.39 is 47.9 Å². The van der Waals surface area contributed by atoms with Crippen LogP contribution in [0.4, 0.5) is 0 Å². The normalized spacial score (nSPS) is 15.9. The van der Waals surface area contributed by atoms with Gasteiger partial charge in [0.2, 0.25) is 17.7 Å². The Morgan fingerprint density at radius 3 is 1.88 bits per heavy atom. The van der Waals surface area contributed by atoms with Crippen LogP contribution in [0.1, 0.15) is 73.6 Å². The van der Waals surface area contributed by atoms with Crippen LogP contribution in [0.2, 0.25) is 0 Å². The van der Waals surface area contributed by atoms with Gasteiger partial charge in [-0.2, -0.15) is 0 Å². The lowest BCUT2D eigenvalue weighted by Gasteiger charge is -2.28. The quantitative estimate of drug-likeness (QED) is 0.180. The number of rotatable bonds is 16. The van der Waals surface area contributed by atoms with E-state index in [9.17, 15) is 24.3 Å². The molecular weight excluding hydrogens is 426 g/mol. The summed E-state index contributed by atoms with van der Waals surface area (Å²) in [6.45, 7) is 11.5. The van der Waals surface area contributed by atoms with Gasteiger partial charge >= 0.3 is 5.97 Å². The van der Waals surface area contributed by atoms with Gasteiger partial charge in [-0.3, -0.25) is 14.4 Å². The molecule has 0 heterocycles. The van der Waals surface area contributed by atoms with Gasteiger partial charge in [-0.15, -0.1) is 0 Å². The zero-order chi connectivity index (χ0) is 25.7. The van der Waals surface area contributed by atoms with Crippen LogP contribution in [0.3, 0.4) is 0 Å². The molecule has 5 unspecified atom stereocenters. The van der Waals surface area contributed by atoms with E-state index in [2.05, 4.69) is 16.0 Å². The average molecular weight is 472 g/mol. The molecule has 0 aliphatic heterocycles. The molecule has 10 heteroatoms. The van der Waals surface area contributed by atoms with Crippen LogP contribution in [0.5, 0.6) is 0 Å². The van der Waals surface area contributed by atoms with Gasteiger partial charge < -0.3 is 32.5 Å². The molecule has 0 aromatic carbocycles. The van der Waals surface area contributed by atoms with E-state index in [4.69, 9.17) is 11.5 Å². The summed E-state index contributed by atoms with van der Waals surface area (Å²) in [4.78, 5) is 50.0. The van der Waals surface area contributed by atoms with E-state index in [1.54, 1.807) is 20.8 Å². The van der Waals surface area contributed by atoms with Crippen molar-refractivity contribution in [3.63, 3.8) is 0 Å². The van der Waals surface area contributed by atoms with E-state index in [-0.39, 0.29) is 17.8 Å². The fraction of sp³-hybridized carbons (Fsp3) is 0.826. The first-order valence-corrected chi connectivity index (χ1v) is 11.9. The van der Waals surface area contributed by atoms with Gasteiger partial charge in [0.05, 0.1) is 6.04 Å². The molecular formula is C23H45N5O5. The van der Waals surface area contributed by atoms with Crippen LogP contribution in [0.15, 0.2) is 0 Å². The smallest absolute Gasteiger partial charge is 0.326 e. The summed E-state index contributed by atoms with van der Waals surface area (Å²) >= 11 is 0. The van der Waals surface area contributed by atoms with Crippen LogP contribution in [0, 0.1) is 17.8 Å². The number of carboxylic acid groups (broad SMARTS) is 1. The predicted molar refractivity (Wildman–Crippen MR) is 128 cm³/mol. The highest BCUT2D eigenvalue weighted by Crippen LogP contribution is 2.11. The van der Waals surface area contributed by atoms with Gasteiger partial charge in [-0.25, -0.2) is 4.79 Å². The number of hydrogen-bond acceptors (Lipinski definition) is 6. The molecule has 0 aromatic rings. The first kappa shape index (κ1) is 30.8. The molecule has 5 atom stereocenters. The molecule has 8 N–H and O–H groups in total. The summed E-state index contributed by atoms with van der Waals surface area (Å²) < 4.78 is 0. The Kier molecular flexibility index (Phi) is 14.6. The summed E-state index contributed by atoms with van der Waals surface area (Å²) in [5.41, 5.74) is 11.5. The number of carbonyl (C=O) groups is 4. The topological polar surface area (TPSA) is 177 Å². The number of amides is 3. The Hall–Kier alpha value is -2.20. The largest absolute Gasteiger partial charge is 0.480 e. The SMILES string of the molecule is CCC(C)C(NC(=O)C(NC(=O)C(CCCCN)NC(=O)C(N)CC(C)C)C(C)C)C(=O)O. The van der Waals surface area contributed by atoms with Crippen LogP contribution < -0.4 is 27.4 Å². The summed E-state index contributed by atoms with van der Waals surface area (Å²) in [5, 5.41) is 17.4. The minimum Gasteiger partial charge on any atom is -0.480 e. The van der Waals surface area contributed by atoms with Crippen molar-refractivity contribution in [2.75, 3.05) is 6.54 Å². The second-order valence-electron chi connectivity index (χ2n) is 9.52. The van der Waals surface area contributed by atoms with E-state index in [1.807, 2.05) is 20.8 Å². The molecule has 10 nitrogen and oxygen atoms in total. The lowest BCUT2D eigenvalue weighted by atomic mass is 9.97. The van der Waals surface area contributed by atoms with Crippen LogP contribution >= 0.6 is 0 Å². The van der Waals surface area contributed by atoms with Crippen LogP contribution in [-0.2, 0) is 19.2 Å². The zero-order valence-electron chi connectivity index (χ0n) is 21.0. The molecule has 0 aliphatic rings. The molecule has 3 amide bonds. The molecule has 0 saturated carbocycles. The lowest BCUT2D eigenvalue weighted by molar-refractivity contribution is -0.144. The Morgan fingerprint density at radius 1 is 0.848 bits per heavy atom. The number of aliphatic carboxylic acids is 1. The third-order valence-corrected chi connectivity index (χ3v) is 5.67. The maximum Gasteiger partial charge on any atom is 0.326 e. The van der Waals surface area contributed by atoms with Crippen LogP contribution in [-0.4, -0.2) is 59.5 Å². The number of unbranched alkanes of at least 4 members (excludes halogenated alkanes) is 1. The number of nitrogens with two attached hydrogens (primary N) is 2. The van der Waals surface area contributed by atoms with Crippen molar-refractivity contribution in [3.8, 4) is 0 Å². The van der Waals surface area contributed by atoms with Crippen molar-refractivity contribution in [1.29, 1.82) is 0 Å². The van der Waals surface area contributed by atoms with Crippen LogP contribution in [0.25, 0.3) is 0 Å². The zero-order valence-corrected chi connectivity index (χ0v) is 21.0. The van der Waals surface area contributed by atoms with Gasteiger partial charge in [-0.1, -0.05) is 48.0 Å². The average Bonchev–Trinajstić information content (AvgIpc) is 2.73. The molecule has 0 fully saturated rings. The maximum absolute atomic E-state index is 13.1. The molecule has 0 radical (unpaired) electrons. The highest BCUT2D eigenvalue weighted by atomic mass is 16.4. The van der Waals surface area contributed by atoms with Gasteiger partial charge in [0.1, 0.15) is 18.1 Å². The van der Waals surface area contributed by atoms with Gasteiger partial charge in [-0.05, 0) is 50.0 Å². The Labute approximate surface area is 198 Å². The van der Waals surface area contributed by atoms with E-state index >= 15 is 0 Å². The van der Waals surface area contributed by atoms with Crippen molar-refractivity contribution in [2.24, 2.45) is 29.2 Å². The molecule has 192 valence electrons. The van der Waals surface area contributed by atoms with E-state index in [0.29, 0.717) is 38.6 Å². The highest BCUT2D eigenvalue weighted by Gasteiger charge is 2.33. The second kappa shape index (κ2) is 15.6. The van der Waals surface area contributed by atoms with E-state index in [0.717, 1.165) is 0 Å². The minimum absolute atomic E-state index is 0.219. The van der Waals surface area contributed by atoms with E-state index in [1.165, 1.54) is 0 Å². The maximum atomic E-state index is 13.1. The van der Waals surface area contributed by atoms with Gasteiger partial charge in [0.15, 0.2) is 0 Å². The van der Waals surface area contributed by atoms with Crippen molar-refractivity contribution in [3.05, 3.63) is 0 Å². The molecule has 0 saturated heterocycles. The number of carbonyl (C=O) groups excluding carboxylic acids is 3. The predicted octanol–water partition coefficient (Wildman–Crippen LogP) is 0.730. The summed E-state index contributed by atoms with van der Waals surface area (Å²) in [5.74, 6) is -3.00. The Balaban J connectivity index is 5.46. The Bertz CT molecular complexity index is 641. The van der Waals surface area contributed by atoms with Gasteiger partial charge in [0, 0.05) is 0 Å². The monoisotopic (exact) mass is 471 g/mol. The first-order chi connectivity index (χ1) is 15.3. The Morgan fingerprint density at radius 2 is 1.42 bits per heavy atom. The summed E-state index contributed by atoms with van der Waals surface area (Å²) in [6, 6.07) is -3.64. The minimum atomic E-state index is -1.13. The lowest BCUT2D eigenvalue weighted by Crippen LogP contribution is -2.59. The van der Waals surface area contributed by atoms with Gasteiger partial charge in [0.25, 0.3) is 0 Å². The van der Waals surface area contributed by atoms with Crippen molar-refractivity contribution in [1.82, 2.24) is 16.0 Å². The van der Waals surface area contributed by atoms with Crippen molar-refractivity contribution >= 4 is 23.7 Å². The first-order valence-electron chi connectivity index (χ1n) is 11.9. The highest BCUT2D eigenvalue weighted by molar-refractivity contribution is 5.94. The number of nitrogens with one attached hydrogen (secondary N) is 3. The number of carboxylic acids is 1. The fourth-order valence-corrected chi connectivity index (χ4v) is 3.37. The van der Waals surface area contributed by atoms with Crippen molar-refractivity contribution < 1.29 is 24.3 Å². The second-order valence-corrected chi connectivity index (χ2v) is 9.52. The third-order valence-electron chi connectivity index (χ3n) is 5.67. The molecule has 0 spiro atoms. The van der Waals surface area contributed by atoms with Crippen molar-refractivity contribution in [2.45, 2.75) is 97.8 Å².